The Labute approximate surface area is 177 Å². The highest BCUT2D eigenvalue weighted by atomic mass is 16.2. The van der Waals surface area contributed by atoms with Crippen molar-refractivity contribution in [1.29, 1.82) is 0 Å². The molecule has 4 rings (SSSR count). The Bertz CT molecular complexity index is 956. The lowest BCUT2D eigenvalue weighted by Crippen LogP contribution is -2.48. The molecule has 0 spiro atoms. The monoisotopic (exact) mass is 401 g/mol. The smallest absolute Gasteiger partial charge is 0.253 e. The molecule has 1 amide bonds. The maximum atomic E-state index is 13.0. The topological polar surface area (TPSA) is 61.8 Å². The average molecular weight is 402 g/mol. The number of carbonyl (C=O) groups is 2. The Morgan fingerprint density at radius 3 is 2.33 bits per heavy atom. The number of ketones is 1. The summed E-state index contributed by atoms with van der Waals surface area (Å²) in [6.45, 7) is 2.84. The standard InChI is InChI=1S/C25H27N3O2/c1-19(29)25(21-5-3-2-4-6-21)13-17-28(18-14-25)24(30)20-7-9-22(10-8-20)27-23-11-15-26-16-12-23/h2-11,15-16,23,27H,12-14,17-18H2,1H3. The molecule has 1 saturated heterocycles. The lowest BCUT2D eigenvalue weighted by atomic mass is 9.70. The molecular formula is C25H27N3O2. The van der Waals surface area contributed by atoms with E-state index in [4.69, 9.17) is 0 Å². The number of nitrogens with one attached hydrogen (secondary N) is 1. The first kappa shape index (κ1) is 20.1. The van der Waals surface area contributed by atoms with Gasteiger partial charge in [0.1, 0.15) is 5.78 Å². The number of hydrogen-bond donors (Lipinski definition) is 1. The summed E-state index contributed by atoms with van der Waals surface area (Å²) in [5, 5.41) is 3.43. The van der Waals surface area contributed by atoms with Crippen molar-refractivity contribution >= 4 is 23.6 Å². The fraction of sp³-hybridized carbons (Fsp3) is 0.320. The molecule has 0 radical (unpaired) electrons. The van der Waals surface area contributed by atoms with Gasteiger partial charge in [-0.1, -0.05) is 30.3 Å². The zero-order valence-corrected chi connectivity index (χ0v) is 17.3. The highest BCUT2D eigenvalue weighted by Gasteiger charge is 2.41. The number of aliphatic imine (C=N–C) groups is 1. The van der Waals surface area contributed by atoms with Crippen LogP contribution in [0.25, 0.3) is 0 Å². The first-order chi connectivity index (χ1) is 14.6. The number of rotatable bonds is 5. The maximum absolute atomic E-state index is 13.0. The lowest BCUT2D eigenvalue weighted by molar-refractivity contribution is -0.124. The van der Waals surface area contributed by atoms with Crippen LogP contribution in [0.2, 0.25) is 0 Å². The zero-order chi connectivity index (χ0) is 21.0. The lowest BCUT2D eigenvalue weighted by Gasteiger charge is -2.40. The van der Waals surface area contributed by atoms with E-state index in [2.05, 4.69) is 10.3 Å². The van der Waals surface area contributed by atoms with E-state index in [-0.39, 0.29) is 17.7 Å². The van der Waals surface area contributed by atoms with Crippen molar-refractivity contribution in [3.63, 3.8) is 0 Å². The van der Waals surface area contributed by atoms with Gasteiger partial charge in [-0.2, -0.15) is 0 Å². The first-order valence-corrected chi connectivity index (χ1v) is 10.5. The minimum absolute atomic E-state index is 0.0245. The summed E-state index contributed by atoms with van der Waals surface area (Å²) in [7, 11) is 0. The molecule has 1 N–H and O–H groups in total. The number of Topliss-reactive ketones (excluding diaryl/α,β-unsaturated/α-hetero) is 1. The Morgan fingerprint density at radius 2 is 1.73 bits per heavy atom. The largest absolute Gasteiger partial charge is 0.378 e. The second-order valence-corrected chi connectivity index (χ2v) is 8.03. The predicted molar refractivity (Wildman–Crippen MR) is 120 cm³/mol. The van der Waals surface area contributed by atoms with Gasteiger partial charge in [-0.15, -0.1) is 0 Å². The summed E-state index contributed by atoms with van der Waals surface area (Å²) in [4.78, 5) is 31.5. The van der Waals surface area contributed by atoms with Crippen molar-refractivity contribution in [2.24, 2.45) is 4.99 Å². The Morgan fingerprint density at radius 1 is 1.03 bits per heavy atom. The van der Waals surface area contributed by atoms with Gasteiger partial charge in [-0.05, 0) is 55.7 Å². The van der Waals surface area contributed by atoms with E-state index >= 15 is 0 Å². The second-order valence-electron chi connectivity index (χ2n) is 8.03. The van der Waals surface area contributed by atoms with Gasteiger partial charge in [0.2, 0.25) is 0 Å². The van der Waals surface area contributed by atoms with Gasteiger partial charge in [-0.25, -0.2) is 0 Å². The molecule has 1 unspecified atom stereocenters. The van der Waals surface area contributed by atoms with Crippen molar-refractivity contribution in [3.05, 3.63) is 78.0 Å². The van der Waals surface area contributed by atoms with Crippen LogP contribution < -0.4 is 5.32 Å². The quantitative estimate of drug-likeness (QED) is 0.816. The molecule has 2 aliphatic heterocycles. The Kier molecular flexibility index (Phi) is 5.79. The number of carbonyl (C=O) groups excluding carboxylic acids is 2. The molecule has 5 heteroatoms. The van der Waals surface area contributed by atoms with Gasteiger partial charge < -0.3 is 10.2 Å². The Hall–Kier alpha value is -3.21. The van der Waals surface area contributed by atoms with Crippen LogP contribution in [0, 0.1) is 0 Å². The third-order valence-corrected chi connectivity index (χ3v) is 6.26. The van der Waals surface area contributed by atoms with Crippen LogP contribution in [0.3, 0.4) is 0 Å². The second kappa shape index (κ2) is 8.66. The molecule has 1 fully saturated rings. The van der Waals surface area contributed by atoms with E-state index in [0.717, 1.165) is 17.7 Å². The minimum atomic E-state index is -0.483. The molecule has 30 heavy (non-hydrogen) atoms. The third-order valence-electron chi connectivity index (χ3n) is 6.26. The molecule has 2 aromatic carbocycles. The highest BCUT2D eigenvalue weighted by Crippen LogP contribution is 2.36. The van der Waals surface area contributed by atoms with Gasteiger partial charge in [0.05, 0.1) is 11.5 Å². The van der Waals surface area contributed by atoms with Gasteiger partial charge in [0.15, 0.2) is 0 Å². The van der Waals surface area contributed by atoms with Crippen LogP contribution in [0.5, 0.6) is 0 Å². The van der Waals surface area contributed by atoms with Crippen molar-refractivity contribution in [1.82, 2.24) is 4.90 Å². The molecule has 0 aliphatic carbocycles. The first-order valence-electron chi connectivity index (χ1n) is 10.5. The molecule has 5 nitrogen and oxygen atoms in total. The SMILES string of the molecule is CC(=O)C1(c2ccccc2)CCN(C(=O)c2ccc(NC3C=CN=CC3)cc2)CC1. The Balaban J connectivity index is 1.41. The summed E-state index contributed by atoms with van der Waals surface area (Å²) in [6.07, 6.45) is 7.89. The number of hydrogen-bond acceptors (Lipinski definition) is 4. The van der Waals surface area contributed by atoms with Crippen LogP contribution in [0.4, 0.5) is 5.69 Å². The number of benzene rings is 2. The molecule has 0 bridgehead atoms. The number of piperidine rings is 1. The average Bonchev–Trinajstić information content (AvgIpc) is 2.80. The minimum Gasteiger partial charge on any atom is -0.378 e. The molecule has 2 aliphatic rings. The molecular weight excluding hydrogens is 374 g/mol. The van der Waals surface area contributed by atoms with E-state index in [9.17, 15) is 9.59 Å². The van der Waals surface area contributed by atoms with Gasteiger partial charge in [0.25, 0.3) is 5.91 Å². The van der Waals surface area contributed by atoms with Crippen LogP contribution in [0.1, 0.15) is 42.1 Å². The number of nitrogens with zero attached hydrogens (tertiary/aromatic N) is 2. The molecule has 2 aromatic rings. The van der Waals surface area contributed by atoms with E-state index in [1.165, 1.54) is 0 Å². The molecule has 0 saturated carbocycles. The maximum Gasteiger partial charge on any atom is 0.253 e. The van der Waals surface area contributed by atoms with E-state index in [1.54, 1.807) is 13.1 Å². The molecule has 1 atom stereocenters. The summed E-state index contributed by atoms with van der Waals surface area (Å²) >= 11 is 0. The summed E-state index contributed by atoms with van der Waals surface area (Å²) < 4.78 is 0. The van der Waals surface area contributed by atoms with E-state index < -0.39 is 5.41 Å². The van der Waals surface area contributed by atoms with E-state index in [0.29, 0.717) is 31.5 Å². The van der Waals surface area contributed by atoms with Crippen LogP contribution in [-0.4, -0.2) is 41.9 Å². The van der Waals surface area contributed by atoms with Crippen molar-refractivity contribution < 1.29 is 9.59 Å². The number of amides is 1. The normalized spacial score (nSPS) is 20.0. The number of likely N-dealkylation sites (tertiary alicyclic amines) is 1. The fourth-order valence-electron chi connectivity index (χ4n) is 4.37. The predicted octanol–water partition coefficient (Wildman–Crippen LogP) is 4.22. The van der Waals surface area contributed by atoms with E-state index in [1.807, 2.05) is 71.8 Å². The third kappa shape index (κ3) is 4.06. The fourth-order valence-corrected chi connectivity index (χ4v) is 4.37. The summed E-state index contributed by atoms with van der Waals surface area (Å²) in [6, 6.07) is 17.8. The van der Waals surface area contributed by atoms with Crippen LogP contribution in [-0.2, 0) is 10.2 Å². The highest BCUT2D eigenvalue weighted by molar-refractivity contribution is 5.95. The summed E-state index contributed by atoms with van der Waals surface area (Å²) in [5.74, 6) is 0.203. The van der Waals surface area contributed by atoms with Crippen LogP contribution in [0.15, 0.2) is 71.9 Å². The van der Waals surface area contributed by atoms with Gasteiger partial charge in [-0.3, -0.25) is 14.6 Å². The van der Waals surface area contributed by atoms with Crippen molar-refractivity contribution in [3.8, 4) is 0 Å². The van der Waals surface area contributed by atoms with Gasteiger partial charge >= 0.3 is 0 Å². The zero-order valence-electron chi connectivity index (χ0n) is 17.3. The summed E-state index contributed by atoms with van der Waals surface area (Å²) in [5.41, 5.74) is 2.23. The van der Waals surface area contributed by atoms with Crippen LogP contribution >= 0.6 is 0 Å². The number of anilines is 1. The van der Waals surface area contributed by atoms with Crippen molar-refractivity contribution in [2.45, 2.75) is 37.6 Å². The molecule has 2 heterocycles. The molecule has 0 aromatic heterocycles. The molecule has 154 valence electrons. The van der Waals surface area contributed by atoms with Crippen molar-refractivity contribution in [2.75, 3.05) is 18.4 Å². The van der Waals surface area contributed by atoms with Gasteiger partial charge in [0, 0.05) is 43.2 Å².